The highest BCUT2D eigenvalue weighted by Crippen LogP contribution is 2.40. The first-order chi connectivity index (χ1) is 9.72. The lowest BCUT2D eigenvalue weighted by Crippen LogP contribution is -2.39. The van der Waals surface area contributed by atoms with Crippen molar-refractivity contribution in [2.75, 3.05) is 0 Å². The summed E-state index contributed by atoms with van der Waals surface area (Å²) < 4.78 is 1.16. The zero-order chi connectivity index (χ0) is 13.9. The van der Waals surface area contributed by atoms with E-state index in [1.54, 1.807) is 0 Å². The van der Waals surface area contributed by atoms with E-state index in [-0.39, 0.29) is 0 Å². The fourth-order valence-corrected chi connectivity index (χ4v) is 4.49. The molecule has 0 radical (unpaired) electrons. The fraction of sp³-hybridized carbons (Fsp3) is 0.667. The van der Waals surface area contributed by atoms with E-state index in [1.165, 1.54) is 50.5 Å². The lowest BCUT2D eigenvalue weighted by atomic mass is 9.69. The maximum absolute atomic E-state index is 3.87. The molecule has 1 aromatic rings. The van der Waals surface area contributed by atoms with Gasteiger partial charge in [-0.15, -0.1) is 0 Å². The van der Waals surface area contributed by atoms with Gasteiger partial charge in [-0.05, 0) is 55.7 Å². The van der Waals surface area contributed by atoms with Crippen LogP contribution in [-0.4, -0.2) is 6.04 Å². The molecule has 2 fully saturated rings. The second-order valence-electron chi connectivity index (χ2n) is 6.75. The quantitative estimate of drug-likeness (QED) is 0.773. The average molecular weight is 336 g/mol. The lowest BCUT2D eigenvalue weighted by Gasteiger charge is -2.40. The first kappa shape index (κ1) is 14.6. The van der Waals surface area contributed by atoms with Gasteiger partial charge in [0.05, 0.1) is 0 Å². The van der Waals surface area contributed by atoms with Crippen molar-refractivity contribution in [2.45, 2.75) is 64.0 Å². The molecule has 0 aliphatic heterocycles. The molecule has 4 unspecified atom stereocenters. The molecule has 0 saturated heterocycles. The summed E-state index contributed by atoms with van der Waals surface area (Å²) in [6, 6.07) is 9.94. The van der Waals surface area contributed by atoms with Crippen LogP contribution in [0.15, 0.2) is 28.7 Å². The van der Waals surface area contributed by atoms with Crippen LogP contribution >= 0.6 is 15.9 Å². The van der Waals surface area contributed by atoms with Crippen LogP contribution in [0.25, 0.3) is 0 Å². The molecule has 0 amide bonds. The van der Waals surface area contributed by atoms with Crippen molar-refractivity contribution in [2.24, 2.45) is 11.8 Å². The predicted octanol–water partition coefficient (Wildman–Crippen LogP) is 5.46. The highest BCUT2D eigenvalue weighted by atomic mass is 79.9. The van der Waals surface area contributed by atoms with Crippen molar-refractivity contribution in [3.63, 3.8) is 0 Å². The molecule has 0 bridgehead atoms. The Hall–Kier alpha value is -0.340. The van der Waals surface area contributed by atoms with Crippen LogP contribution in [0, 0.1) is 11.8 Å². The minimum atomic E-state index is 0.466. The van der Waals surface area contributed by atoms with E-state index in [4.69, 9.17) is 0 Å². The first-order valence-corrected chi connectivity index (χ1v) is 9.03. The van der Waals surface area contributed by atoms with E-state index in [9.17, 15) is 0 Å². The zero-order valence-corrected chi connectivity index (χ0v) is 14.0. The molecule has 2 aliphatic rings. The Labute approximate surface area is 131 Å². The summed E-state index contributed by atoms with van der Waals surface area (Å²) in [5.74, 6) is 2.05. The minimum Gasteiger partial charge on any atom is -0.307 e. The van der Waals surface area contributed by atoms with Crippen LogP contribution < -0.4 is 5.32 Å². The van der Waals surface area contributed by atoms with Crippen molar-refractivity contribution < 1.29 is 0 Å². The summed E-state index contributed by atoms with van der Waals surface area (Å²) in [6.07, 6.45) is 10.2. The lowest BCUT2D eigenvalue weighted by molar-refractivity contribution is 0.139. The van der Waals surface area contributed by atoms with E-state index in [1.807, 2.05) is 0 Å². The Morgan fingerprint density at radius 2 is 1.70 bits per heavy atom. The highest BCUT2D eigenvalue weighted by Gasteiger charge is 2.32. The third-order valence-electron chi connectivity index (χ3n) is 5.40. The van der Waals surface area contributed by atoms with Gasteiger partial charge in [0.15, 0.2) is 0 Å². The van der Waals surface area contributed by atoms with Gasteiger partial charge >= 0.3 is 0 Å². The van der Waals surface area contributed by atoms with Crippen molar-refractivity contribution in [3.8, 4) is 0 Å². The van der Waals surface area contributed by atoms with Gasteiger partial charge in [-0.2, -0.15) is 0 Å². The van der Waals surface area contributed by atoms with Gasteiger partial charge in [0, 0.05) is 16.6 Å². The fourth-order valence-electron chi connectivity index (χ4n) is 4.23. The van der Waals surface area contributed by atoms with Crippen molar-refractivity contribution >= 4 is 15.9 Å². The normalized spacial score (nSPS) is 31.6. The van der Waals surface area contributed by atoms with Gasteiger partial charge in [0.2, 0.25) is 0 Å². The van der Waals surface area contributed by atoms with E-state index in [0.29, 0.717) is 6.04 Å². The van der Waals surface area contributed by atoms with Gasteiger partial charge in [-0.25, -0.2) is 0 Å². The molecule has 1 nitrogen and oxygen atoms in total. The number of rotatable bonds is 3. The standard InChI is InChI=1S/C18H26BrN/c1-13(14-6-9-17(19)10-7-14)20-18-11-8-15-4-2-3-5-16(15)12-18/h6-7,9-10,13,15-16,18,20H,2-5,8,11-12H2,1H3. The topological polar surface area (TPSA) is 12.0 Å². The van der Waals surface area contributed by atoms with Gasteiger partial charge in [-0.3, -0.25) is 0 Å². The third kappa shape index (κ3) is 3.46. The Bertz CT molecular complexity index is 428. The van der Waals surface area contributed by atoms with E-state index < -0.39 is 0 Å². The predicted molar refractivity (Wildman–Crippen MR) is 88.8 cm³/mol. The van der Waals surface area contributed by atoms with Crippen LogP contribution in [0.2, 0.25) is 0 Å². The number of fused-ring (bicyclic) bond motifs is 1. The molecule has 4 atom stereocenters. The van der Waals surface area contributed by atoms with Crippen LogP contribution in [0.5, 0.6) is 0 Å². The van der Waals surface area contributed by atoms with Crippen molar-refractivity contribution in [3.05, 3.63) is 34.3 Å². The summed E-state index contributed by atoms with van der Waals surface area (Å²) in [7, 11) is 0. The molecule has 3 rings (SSSR count). The molecular formula is C18H26BrN. The maximum atomic E-state index is 3.87. The molecule has 0 spiro atoms. The molecule has 2 aliphatic carbocycles. The molecule has 0 aromatic heterocycles. The molecule has 1 N–H and O–H groups in total. The van der Waals surface area contributed by atoms with Crippen LogP contribution in [0.3, 0.4) is 0 Å². The molecule has 2 saturated carbocycles. The van der Waals surface area contributed by atoms with Crippen molar-refractivity contribution in [1.29, 1.82) is 0 Å². The number of nitrogens with one attached hydrogen (secondary N) is 1. The summed E-state index contributed by atoms with van der Waals surface area (Å²) in [5.41, 5.74) is 1.40. The number of benzene rings is 1. The molecule has 0 heterocycles. The average Bonchev–Trinajstić information content (AvgIpc) is 2.48. The van der Waals surface area contributed by atoms with E-state index in [0.717, 1.165) is 22.4 Å². The van der Waals surface area contributed by atoms with Crippen LogP contribution in [-0.2, 0) is 0 Å². The maximum Gasteiger partial charge on any atom is 0.0294 e. The second kappa shape index (κ2) is 6.62. The smallest absolute Gasteiger partial charge is 0.0294 e. The van der Waals surface area contributed by atoms with Gasteiger partial charge in [0.25, 0.3) is 0 Å². The summed E-state index contributed by atoms with van der Waals surface area (Å²) in [6.45, 7) is 2.30. The second-order valence-corrected chi connectivity index (χ2v) is 7.67. The Kier molecular flexibility index (Phi) is 4.83. The Morgan fingerprint density at radius 3 is 2.45 bits per heavy atom. The Morgan fingerprint density at radius 1 is 1.00 bits per heavy atom. The zero-order valence-electron chi connectivity index (χ0n) is 12.4. The summed E-state index contributed by atoms with van der Waals surface area (Å²) in [5, 5.41) is 3.87. The summed E-state index contributed by atoms with van der Waals surface area (Å²) in [4.78, 5) is 0. The molecule has 1 aromatic carbocycles. The van der Waals surface area contributed by atoms with E-state index in [2.05, 4.69) is 52.4 Å². The van der Waals surface area contributed by atoms with Crippen molar-refractivity contribution in [1.82, 2.24) is 5.32 Å². The number of hydrogen-bond acceptors (Lipinski definition) is 1. The highest BCUT2D eigenvalue weighted by molar-refractivity contribution is 9.10. The van der Waals surface area contributed by atoms with Crippen LogP contribution in [0.4, 0.5) is 0 Å². The third-order valence-corrected chi connectivity index (χ3v) is 5.92. The minimum absolute atomic E-state index is 0.466. The number of halogens is 1. The largest absolute Gasteiger partial charge is 0.307 e. The summed E-state index contributed by atoms with van der Waals surface area (Å²) >= 11 is 3.51. The van der Waals surface area contributed by atoms with Gasteiger partial charge in [0.1, 0.15) is 0 Å². The SMILES string of the molecule is CC(NC1CCC2CCCCC2C1)c1ccc(Br)cc1. The van der Waals surface area contributed by atoms with Crippen LogP contribution in [0.1, 0.15) is 63.5 Å². The molecule has 20 heavy (non-hydrogen) atoms. The molecule has 110 valence electrons. The van der Waals surface area contributed by atoms with Gasteiger partial charge < -0.3 is 5.32 Å². The first-order valence-electron chi connectivity index (χ1n) is 8.24. The monoisotopic (exact) mass is 335 g/mol. The number of hydrogen-bond donors (Lipinski definition) is 1. The molecule has 2 heteroatoms. The Balaban J connectivity index is 1.56. The van der Waals surface area contributed by atoms with Gasteiger partial charge in [-0.1, -0.05) is 53.7 Å². The van der Waals surface area contributed by atoms with E-state index >= 15 is 0 Å². The molecular weight excluding hydrogens is 310 g/mol.